The molecule has 2 saturated heterocycles. The van der Waals surface area contributed by atoms with Gasteiger partial charge in [0, 0.05) is 18.0 Å². The Morgan fingerprint density at radius 2 is 1.95 bits per heavy atom. The van der Waals surface area contributed by atoms with Crippen LogP contribution in [0.25, 0.3) is 0 Å². The smallest absolute Gasteiger partial charge is 0.233 e. The number of amides is 2. The average Bonchev–Trinajstić information content (AvgIpc) is 2.73. The Kier molecular flexibility index (Phi) is 4.62. The lowest BCUT2D eigenvalue weighted by atomic mass is 9.85. The number of imide groups is 1. The second-order valence-corrected chi connectivity index (χ2v) is 6.58. The zero-order chi connectivity index (χ0) is 14.8. The molecule has 2 fully saturated rings. The van der Waals surface area contributed by atoms with E-state index in [2.05, 4.69) is 0 Å². The fourth-order valence-electron chi connectivity index (χ4n) is 3.51. The molecule has 2 aliphatic heterocycles. The molecule has 5 nitrogen and oxygen atoms in total. The van der Waals surface area contributed by atoms with E-state index in [0.29, 0.717) is 19.4 Å². The van der Waals surface area contributed by atoms with Crippen LogP contribution >= 0.6 is 11.6 Å². The van der Waals surface area contributed by atoms with Crippen molar-refractivity contribution in [3.05, 3.63) is 11.1 Å². The predicted octanol–water partition coefficient (Wildman–Crippen LogP) is -0.191. The van der Waals surface area contributed by atoms with Crippen LogP contribution in [0, 0.1) is 11.8 Å². The van der Waals surface area contributed by atoms with E-state index in [0.717, 1.165) is 44.3 Å². The molecular weight excluding hydrogens is 292 g/mol. The summed E-state index contributed by atoms with van der Waals surface area (Å²) in [5, 5.41) is 0.719. The Balaban J connectivity index is 1.52. The Bertz CT molecular complexity index is 460. The monoisotopic (exact) mass is 313 g/mol. The first-order chi connectivity index (χ1) is 10.2. The van der Waals surface area contributed by atoms with E-state index < -0.39 is 0 Å². The van der Waals surface area contributed by atoms with Gasteiger partial charge in [-0.2, -0.15) is 0 Å². The van der Waals surface area contributed by atoms with Gasteiger partial charge in [0.2, 0.25) is 11.8 Å². The molecule has 3 aliphatic rings. The minimum absolute atomic E-state index is 0.00222. The lowest BCUT2D eigenvalue weighted by Gasteiger charge is -2.24. The quantitative estimate of drug-likeness (QED) is 0.732. The third kappa shape index (κ3) is 3.15. The molecule has 2 amide bonds. The van der Waals surface area contributed by atoms with Gasteiger partial charge in [-0.25, -0.2) is 0 Å². The molecular formula is C15H22ClN2O3+. The summed E-state index contributed by atoms with van der Waals surface area (Å²) < 4.78 is 5.33. The maximum Gasteiger partial charge on any atom is 0.233 e. The van der Waals surface area contributed by atoms with Gasteiger partial charge in [0.15, 0.2) is 0 Å². The molecule has 0 aromatic carbocycles. The zero-order valence-corrected chi connectivity index (χ0v) is 12.9. The second kappa shape index (κ2) is 6.46. The summed E-state index contributed by atoms with van der Waals surface area (Å²) in [5.74, 6) is -0.405. The Morgan fingerprint density at radius 1 is 1.24 bits per heavy atom. The number of hydrogen-bond donors (Lipinski definition) is 1. The molecule has 0 spiro atoms. The summed E-state index contributed by atoms with van der Waals surface area (Å²) in [6, 6.07) is 0. The van der Waals surface area contributed by atoms with E-state index in [4.69, 9.17) is 16.3 Å². The van der Waals surface area contributed by atoms with Gasteiger partial charge < -0.3 is 9.64 Å². The molecule has 0 radical (unpaired) electrons. The number of hydrogen-bond acceptors (Lipinski definition) is 3. The van der Waals surface area contributed by atoms with E-state index in [-0.39, 0.29) is 23.7 Å². The van der Waals surface area contributed by atoms with Crippen molar-refractivity contribution in [3.63, 3.8) is 0 Å². The summed E-state index contributed by atoms with van der Waals surface area (Å²) in [7, 11) is 0. The molecule has 1 aliphatic carbocycles. The number of rotatable bonds is 4. The normalized spacial score (nSPS) is 30.5. The topological polar surface area (TPSA) is 51.0 Å². The number of carbonyl (C=O) groups is 2. The maximum absolute atomic E-state index is 12.4. The highest BCUT2D eigenvalue weighted by atomic mass is 35.5. The molecule has 0 aromatic rings. The van der Waals surface area contributed by atoms with E-state index in [1.165, 1.54) is 9.80 Å². The highest BCUT2D eigenvalue weighted by molar-refractivity contribution is 6.30. The molecule has 21 heavy (non-hydrogen) atoms. The fourth-order valence-corrected chi connectivity index (χ4v) is 3.77. The van der Waals surface area contributed by atoms with Gasteiger partial charge in [-0.05, 0) is 12.8 Å². The van der Waals surface area contributed by atoms with Crippen molar-refractivity contribution in [2.24, 2.45) is 11.8 Å². The number of quaternary nitrogens is 1. The minimum atomic E-state index is -0.217. The van der Waals surface area contributed by atoms with Crippen LogP contribution in [0.4, 0.5) is 0 Å². The van der Waals surface area contributed by atoms with Gasteiger partial charge in [-0.1, -0.05) is 17.7 Å². The Labute approximate surface area is 129 Å². The number of nitrogens with zero attached hydrogens (tertiary/aromatic N) is 1. The molecule has 0 aromatic heterocycles. The van der Waals surface area contributed by atoms with Gasteiger partial charge in [0.1, 0.15) is 13.1 Å². The highest BCUT2D eigenvalue weighted by Gasteiger charge is 2.47. The van der Waals surface area contributed by atoms with Crippen molar-refractivity contribution >= 4 is 23.4 Å². The molecule has 0 saturated carbocycles. The summed E-state index contributed by atoms with van der Waals surface area (Å²) in [6.07, 6.45) is 3.89. The van der Waals surface area contributed by atoms with Gasteiger partial charge >= 0.3 is 0 Å². The predicted molar refractivity (Wildman–Crippen MR) is 77.9 cm³/mol. The first kappa shape index (κ1) is 15.0. The van der Waals surface area contributed by atoms with Crippen molar-refractivity contribution in [2.45, 2.75) is 19.3 Å². The number of carbonyl (C=O) groups excluding carboxylic acids is 2. The number of fused-ring (bicyclic) bond motifs is 1. The second-order valence-electron chi connectivity index (χ2n) is 6.10. The third-order valence-corrected chi connectivity index (χ3v) is 5.08. The largest absolute Gasteiger partial charge is 0.370 e. The van der Waals surface area contributed by atoms with Crippen molar-refractivity contribution in [3.8, 4) is 0 Å². The Morgan fingerprint density at radius 3 is 2.71 bits per heavy atom. The van der Waals surface area contributed by atoms with Gasteiger partial charge in [-0.15, -0.1) is 0 Å². The summed E-state index contributed by atoms with van der Waals surface area (Å²) in [5.41, 5.74) is 0. The van der Waals surface area contributed by atoms with Crippen LogP contribution < -0.4 is 4.90 Å². The van der Waals surface area contributed by atoms with Crippen LogP contribution in [0.3, 0.4) is 0 Å². The number of nitrogens with one attached hydrogen (secondary N) is 1. The molecule has 116 valence electrons. The molecule has 2 heterocycles. The van der Waals surface area contributed by atoms with Crippen LogP contribution in [-0.2, 0) is 14.3 Å². The SMILES string of the molecule is O=C1[C@H]2CC=C(Cl)C[C@@H]2C(=O)N1CCC[NH+]1CCOCC1. The summed E-state index contributed by atoms with van der Waals surface area (Å²) in [4.78, 5) is 27.7. The number of halogens is 1. The number of allylic oxidation sites excluding steroid dienone is 2. The fraction of sp³-hybridized carbons (Fsp3) is 0.733. The Hall–Kier alpha value is -0.910. The van der Waals surface area contributed by atoms with Gasteiger partial charge in [-0.3, -0.25) is 14.5 Å². The van der Waals surface area contributed by atoms with Crippen molar-refractivity contribution in [2.75, 3.05) is 39.4 Å². The number of morpholine rings is 1. The van der Waals surface area contributed by atoms with Crippen LogP contribution in [0.5, 0.6) is 0 Å². The van der Waals surface area contributed by atoms with Crippen LogP contribution in [0.1, 0.15) is 19.3 Å². The van der Waals surface area contributed by atoms with Gasteiger partial charge in [0.05, 0.1) is 31.6 Å². The third-order valence-electron chi connectivity index (χ3n) is 4.77. The lowest BCUT2D eigenvalue weighted by Crippen LogP contribution is -3.14. The van der Waals surface area contributed by atoms with Crippen LogP contribution in [0.15, 0.2) is 11.1 Å². The molecule has 0 bridgehead atoms. The summed E-state index contributed by atoms with van der Waals surface area (Å²) >= 11 is 6.01. The van der Waals surface area contributed by atoms with E-state index >= 15 is 0 Å². The zero-order valence-electron chi connectivity index (χ0n) is 12.1. The van der Waals surface area contributed by atoms with Gasteiger partial charge in [0.25, 0.3) is 0 Å². The van der Waals surface area contributed by atoms with E-state index in [1.54, 1.807) is 0 Å². The summed E-state index contributed by atoms with van der Waals surface area (Å²) in [6.45, 7) is 5.21. The van der Waals surface area contributed by atoms with Crippen molar-refractivity contribution in [1.82, 2.24) is 4.90 Å². The highest BCUT2D eigenvalue weighted by Crippen LogP contribution is 2.38. The average molecular weight is 314 g/mol. The maximum atomic E-state index is 12.4. The molecule has 1 N–H and O–H groups in total. The molecule has 3 rings (SSSR count). The lowest BCUT2D eigenvalue weighted by molar-refractivity contribution is -0.908. The standard InChI is InChI=1S/C15H21ClN2O3/c16-11-2-3-12-13(10-11)15(20)18(14(12)19)5-1-4-17-6-8-21-9-7-17/h2,12-13H,1,3-10H2/p+1/t12-,13-/m0/s1. The van der Waals surface area contributed by atoms with Crippen LogP contribution in [0.2, 0.25) is 0 Å². The van der Waals surface area contributed by atoms with Crippen molar-refractivity contribution < 1.29 is 19.2 Å². The minimum Gasteiger partial charge on any atom is -0.370 e. The van der Waals surface area contributed by atoms with Crippen molar-refractivity contribution in [1.29, 1.82) is 0 Å². The molecule has 2 atom stereocenters. The molecule has 6 heteroatoms. The number of likely N-dealkylation sites (tertiary alicyclic amines) is 1. The first-order valence-electron chi connectivity index (χ1n) is 7.78. The number of ether oxygens (including phenoxy) is 1. The van der Waals surface area contributed by atoms with E-state index in [9.17, 15) is 9.59 Å². The molecule has 0 unspecified atom stereocenters. The van der Waals surface area contributed by atoms with E-state index in [1.807, 2.05) is 6.08 Å². The van der Waals surface area contributed by atoms with Crippen LogP contribution in [-0.4, -0.2) is 56.1 Å². The first-order valence-corrected chi connectivity index (χ1v) is 8.15.